The molecule has 1 aliphatic carbocycles. The summed E-state index contributed by atoms with van der Waals surface area (Å²) in [6.45, 7) is 2.00. The molecule has 30 heavy (non-hydrogen) atoms. The van der Waals surface area contributed by atoms with Gasteiger partial charge in [0.1, 0.15) is 5.56 Å². The van der Waals surface area contributed by atoms with Gasteiger partial charge in [-0.25, -0.2) is 10.1 Å². The fourth-order valence-corrected chi connectivity index (χ4v) is 4.37. The third-order valence-corrected chi connectivity index (χ3v) is 5.68. The molecule has 1 N–H and O–H groups in total. The molecule has 0 radical (unpaired) electrons. The first-order valence-electron chi connectivity index (χ1n) is 9.86. The minimum atomic E-state index is -0.451. The standard InChI is InChI=1S/C23H24N2O4S/c1-4-29-23(28)21-20(15-9-6-5-7-10-15)19(30-22(21)24-14-25(2)3)13-16-17(26)11-8-12-18(16)27/h5-7,9-10,13-14H,4,8,11-12H2,1-3H3/p+1. The van der Waals surface area contributed by atoms with Crippen LogP contribution in [0.25, 0.3) is 17.2 Å². The molecule has 1 fully saturated rings. The molecule has 0 unspecified atom stereocenters. The van der Waals surface area contributed by atoms with Crippen molar-refractivity contribution in [2.45, 2.75) is 26.2 Å². The summed E-state index contributed by atoms with van der Waals surface area (Å²) >= 11 is 1.32. The highest BCUT2D eigenvalue weighted by molar-refractivity contribution is 7.18. The topological polar surface area (TPSA) is 75.5 Å². The van der Waals surface area contributed by atoms with Crippen LogP contribution in [-0.4, -0.2) is 49.2 Å². The van der Waals surface area contributed by atoms with Crippen LogP contribution < -0.4 is 5.32 Å². The lowest BCUT2D eigenvalue weighted by atomic mass is 9.91. The molecule has 1 aliphatic rings. The number of esters is 1. The third-order valence-electron chi connectivity index (χ3n) is 4.62. The summed E-state index contributed by atoms with van der Waals surface area (Å²) < 4.78 is 7.15. The van der Waals surface area contributed by atoms with E-state index in [2.05, 4.69) is 5.32 Å². The number of Topliss-reactive ketones (excluding diaryl/α,β-unsaturated/α-hetero) is 2. The van der Waals surface area contributed by atoms with E-state index in [9.17, 15) is 14.4 Å². The van der Waals surface area contributed by atoms with Crippen LogP contribution in [0.3, 0.4) is 0 Å². The maximum absolute atomic E-state index is 12.9. The quantitative estimate of drug-likeness (QED) is 0.189. The fraction of sp³-hybridized carbons (Fsp3) is 0.304. The summed E-state index contributed by atoms with van der Waals surface area (Å²) in [5.41, 5.74) is 2.08. The van der Waals surface area contributed by atoms with Gasteiger partial charge in [-0.3, -0.25) is 14.2 Å². The van der Waals surface area contributed by atoms with E-state index in [1.54, 1.807) is 19.3 Å². The van der Waals surface area contributed by atoms with Crippen LogP contribution >= 0.6 is 11.3 Å². The third kappa shape index (κ3) is 4.74. The second-order valence-corrected chi connectivity index (χ2v) is 8.18. The highest BCUT2D eigenvalue weighted by Crippen LogP contribution is 2.42. The number of ether oxygens (including phenoxy) is 1. The number of allylic oxidation sites excluding steroid dienone is 1. The van der Waals surface area contributed by atoms with E-state index in [4.69, 9.17) is 4.74 Å². The SMILES string of the molecule is CCOC(=O)c1c(NC=[N+](C)C)sc(C=C2C(=O)CCCC2=O)c1-c1ccccc1. The van der Waals surface area contributed by atoms with Crippen LogP contribution in [0.4, 0.5) is 5.00 Å². The first kappa shape index (κ1) is 21.6. The number of hydrogen-bond acceptors (Lipinski definition) is 5. The number of benzene rings is 1. The highest BCUT2D eigenvalue weighted by atomic mass is 32.1. The Bertz CT molecular complexity index is 1010. The molecule has 6 nitrogen and oxygen atoms in total. The van der Waals surface area contributed by atoms with Crippen molar-refractivity contribution in [3.8, 4) is 11.1 Å². The van der Waals surface area contributed by atoms with Crippen LogP contribution in [0.15, 0.2) is 35.9 Å². The van der Waals surface area contributed by atoms with Crippen LogP contribution in [0.1, 0.15) is 41.4 Å². The van der Waals surface area contributed by atoms with Crippen LogP contribution in [0.5, 0.6) is 0 Å². The number of ketones is 2. The predicted molar refractivity (Wildman–Crippen MR) is 119 cm³/mol. The van der Waals surface area contributed by atoms with Gasteiger partial charge in [-0.1, -0.05) is 41.7 Å². The molecule has 0 atom stereocenters. The van der Waals surface area contributed by atoms with Gasteiger partial charge in [-0.15, -0.1) is 0 Å². The van der Waals surface area contributed by atoms with E-state index in [0.29, 0.717) is 40.3 Å². The lowest BCUT2D eigenvalue weighted by Crippen LogP contribution is -2.18. The second-order valence-electron chi connectivity index (χ2n) is 7.13. The van der Waals surface area contributed by atoms with Crippen LogP contribution in [0, 0.1) is 0 Å². The van der Waals surface area contributed by atoms with Gasteiger partial charge in [0.2, 0.25) is 6.34 Å². The largest absolute Gasteiger partial charge is 0.462 e. The number of carbonyl (C=O) groups excluding carboxylic acids is 3. The summed E-state index contributed by atoms with van der Waals surface area (Å²) in [6, 6.07) is 9.46. The first-order chi connectivity index (χ1) is 14.4. The number of anilines is 1. The van der Waals surface area contributed by atoms with E-state index in [1.807, 2.05) is 49.0 Å². The van der Waals surface area contributed by atoms with Crippen molar-refractivity contribution in [1.29, 1.82) is 0 Å². The molecule has 0 saturated heterocycles. The molecule has 2 aromatic rings. The molecular formula is C23H25N2O4S+. The number of nitrogens with zero attached hydrogens (tertiary/aromatic N) is 1. The Kier molecular flexibility index (Phi) is 6.95. The molecule has 1 aromatic heterocycles. The lowest BCUT2D eigenvalue weighted by molar-refractivity contribution is -0.459. The molecule has 3 rings (SSSR count). The smallest absolute Gasteiger partial charge is 0.344 e. The van der Waals surface area contributed by atoms with Crippen molar-refractivity contribution in [1.82, 2.24) is 0 Å². The molecule has 7 heteroatoms. The summed E-state index contributed by atoms with van der Waals surface area (Å²) in [6.07, 6.45) is 4.70. The van der Waals surface area contributed by atoms with Gasteiger partial charge >= 0.3 is 5.97 Å². The minimum Gasteiger partial charge on any atom is -0.462 e. The summed E-state index contributed by atoms with van der Waals surface area (Å²) in [7, 11) is 3.73. The monoisotopic (exact) mass is 425 g/mol. The zero-order chi connectivity index (χ0) is 21.7. The van der Waals surface area contributed by atoms with E-state index < -0.39 is 5.97 Å². The van der Waals surface area contributed by atoms with Crippen molar-refractivity contribution in [2.75, 3.05) is 26.0 Å². The van der Waals surface area contributed by atoms with Gasteiger partial charge in [-0.05, 0) is 25.0 Å². The Morgan fingerprint density at radius 1 is 1.17 bits per heavy atom. The van der Waals surface area contributed by atoms with Gasteiger partial charge in [0.05, 0.1) is 26.3 Å². The second kappa shape index (κ2) is 9.63. The maximum Gasteiger partial charge on any atom is 0.344 e. The van der Waals surface area contributed by atoms with Crippen molar-refractivity contribution in [3.63, 3.8) is 0 Å². The predicted octanol–water partition coefficient (Wildman–Crippen LogP) is 4.01. The maximum atomic E-state index is 12.9. The van der Waals surface area contributed by atoms with Crippen molar-refractivity contribution < 1.29 is 23.7 Å². The van der Waals surface area contributed by atoms with E-state index >= 15 is 0 Å². The van der Waals surface area contributed by atoms with Crippen molar-refractivity contribution in [2.24, 2.45) is 0 Å². The molecule has 0 spiro atoms. The Labute approximate surface area is 179 Å². The zero-order valence-corrected chi connectivity index (χ0v) is 18.2. The van der Waals surface area contributed by atoms with Crippen molar-refractivity contribution >= 4 is 46.3 Å². The number of thiophene rings is 1. The summed E-state index contributed by atoms with van der Waals surface area (Å²) in [5.74, 6) is -0.746. The van der Waals surface area contributed by atoms with E-state index in [1.165, 1.54) is 11.3 Å². The summed E-state index contributed by atoms with van der Waals surface area (Å²) in [5, 5.41) is 3.76. The molecule has 1 saturated carbocycles. The average Bonchev–Trinajstić information content (AvgIpc) is 3.08. The first-order valence-corrected chi connectivity index (χ1v) is 10.7. The molecule has 1 aromatic carbocycles. The fourth-order valence-electron chi connectivity index (χ4n) is 3.26. The van der Waals surface area contributed by atoms with Gasteiger partial charge in [0, 0.05) is 23.3 Å². The normalized spacial score (nSPS) is 13.8. The molecule has 156 valence electrons. The van der Waals surface area contributed by atoms with E-state index in [0.717, 1.165) is 5.56 Å². The Balaban J connectivity index is 2.26. The molecule has 0 bridgehead atoms. The van der Waals surface area contributed by atoms with E-state index in [-0.39, 0.29) is 23.7 Å². The number of hydrogen-bond donors (Lipinski definition) is 1. The lowest BCUT2D eigenvalue weighted by Gasteiger charge is -2.12. The summed E-state index contributed by atoms with van der Waals surface area (Å²) in [4.78, 5) is 38.4. The Morgan fingerprint density at radius 2 is 1.83 bits per heavy atom. The van der Waals surface area contributed by atoms with Crippen LogP contribution in [-0.2, 0) is 14.3 Å². The highest BCUT2D eigenvalue weighted by Gasteiger charge is 2.29. The Hall–Kier alpha value is -3.06. The molecule has 0 amide bonds. The Morgan fingerprint density at radius 3 is 2.43 bits per heavy atom. The van der Waals surface area contributed by atoms with Crippen molar-refractivity contribution in [3.05, 3.63) is 46.3 Å². The molecule has 0 aliphatic heterocycles. The zero-order valence-electron chi connectivity index (χ0n) is 17.4. The minimum absolute atomic E-state index is 0.147. The van der Waals surface area contributed by atoms with Gasteiger partial charge in [-0.2, -0.15) is 0 Å². The number of carbonyl (C=O) groups is 3. The van der Waals surface area contributed by atoms with Gasteiger partial charge in [0.25, 0.3) is 0 Å². The molecule has 1 heterocycles. The van der Waals surface area contributed by atoms with Crippen LogP contribution in [0.2, 0.25) is 0 Å². The molecular weight excluding hydrogens is 400 g/mol. The van der Waals surface area contributed by atoms with Gasteiger partial charge < -0.3 is 4.74 Å². The average molecular weight is 426 g/mol. The number of rotatable bonds is 6. The number of nitrogens with one attached hydrogen (secondary N) is 1. The van der Waals surface area contributed by atoms with Gasteiger partial charge in [0.15, 0.2) is 16.6 Å².